The summed E-state index contributed by atoms with van der Waals surface area (Å²) >= 11 is 0. The number of benzene rings is 2. The number of likely N-dealkylation sites (tertiary alicyclic amines) is 1. The third-order valence-corrected chi connectivity index (χ3v) is 5.83. The number of aliphatic hydroxyl groups is 1. The van der Waals surface area contributed by atoms with Crippen LogP contribution in [0.15, 0.2) is 48.0 Å². The molecule has 0 bridgehead atoms. The van der Waals surface area contributed by atoms with Crippen LogP contribution < -0.4 is 4.74 Å². The molecule has 3 aromatic rings. The topological polar surface area (TPSA) is 82.6 Å². The number of ether oxygens (including phenoxy) is 1. The number of para-hydroxylation sites is 1. The van der Waals surface area contributed by atoms with Gasteiger partial charge in [-0.1, -0.05) is 36.8 Å². The molecule has 0 aliphatic carbocycles. The van der Waals surface area contributed by atoms with E-state index in [9.17, 15) is 14.7 Å². The van der Waals surface area contributed by atoms with Crippen molar-refractivity contribution in [1.29, 1.82) is 0 Å². The summed E-state index contributed by atoms with van der Waals surface area (Å²) in [5.74, 6) is -1.04. The Morgan fingerprint density at radius 2 is 1.90 bits per heavy atom. The lowest BCUT2D eigenvalue weighted by molar-refractivity contribution is -0.139. The first-order valence-electron chi connectivity index (χ1n) is 10.4. The molecule has 1 aromatic heterocycles. The third-order valence-electron chi connectivity index (χ3n) is 5.83. The minimum atomic E-state index is -0.679. The molecule has 0 spiro atoms. The molecule has 6 heteroatoms. The molecule has 6 nitrogen and oxygen atoms in total. The second-order valence-corrected chi connectivity index (χ2v) is 7.91. The molecular weight excluding hydrogens is 392 g/mol. The highest BCUT2D eigenvalue weighted by molar-refractivity contribution is 6.46. The molecule has 2 N–H and O–H groups in total. The standard InChI is InChI=1S/C25H26N2O4/c1-5-12-27-22(20-15(3)26-18-9-7-6-8-16(18)20)21(24(29)25(27)30)23(28)17-13-14(2)10-11-19(17)31-4/h6-11,13,22,26,28H,5,12H2,1-4H3/b23-21+. The number of amides is 1. The van der Waals surface area contributed by atoms with Crippen molar-refractivity contribution in [3.63, 3.8) is 0 Å². The van der Waals surface area contributed by atoms with Gasteiger partial charge in [-0.2, -0.15) is 0 Å². The number of ketones is 1. The molecular formula is C25H26N2O4. The number of Topliss-reactive ketones (excluding diaryl/α,β-unsaturated/α-hetero) is 1. The van der Waals surface area contributed by atoms with Crippen molar-refractivity contribution in [2.75, 3.05) is 13.7 Å². The van der Waals surface area contributed by atoms with Crippen LogP contribution in [0.3, 0.4) is 0 Å². The maximum atomic E-state index is 13.2. The summed E-state index contributed by atoms with van der Waals surface area (Å²) in [5, 5.41) is 12.3. The van der Waals surface area contributed by atoms with E-state index >= 15 is 0 Å². The van der Waals surface area contributed by atoms with E-state index in [2.05, 4.69) is 4.98 Å². The van der Waals surface area contributed by atoms with Crippen LogP contribution in [0.1, 0.15) is 41.8 Å². The lowest BCUT2D eigenvalue weighted by atomic mass is 9.92. The SMILES string of the molecule is CCCN1C(=O)C(=O)/C(=C(/O)c2cc(C)ccc2OC)C1c1c(C)[nH]c2ccccc12. The average Bonchev–Trinajstić information content (AvgIpc) is 3.21. The normalized spacial score (nSPS) is 18.2. The van der Waals surface area contributed by atoms with Crippen LogP contribution >= 0.6 is 0 Å². The fraction of sp³-hybridized carbons (Fsp3) is 0.280. The number of hydrogen-bond donors (Lipinski definition) is 2. The van der Waals surface area contributed by atoms with Crippen molar-refractivity contribution in [2.45, 2.75) is 33.2 Å². The number of rotatable bonds is 5. The molecule has 0 radical (unpaired) electrons. The molecule has 160 valence electrons. The molecule has 1 aliphatic rings. The van der Waals surface area contributed by atoms with Crippen LogP contribution in [0.4, 0.5) is 0 Å². The Labute approximate surface area is 181 Å². The zero-order valence-electron chi connectivity index (χ0n) is 18.2. The Morgan fingerprint density at radius 1 is 1.16 bits per heavy atom. The smallest absolute Gasteiger partial charge is 0.295 e. The highest BCUT2D eigenvalue weighted by Gasteiger charge is 2.47. The molecule has 1 amide bonds. The van der Waals surface area contributed by atoms with Crippen LogP contribution in [-0.4, -0.2) is 40.3 Å². The van der Waals surface area contributed by atoms with Crippen LogP contribution in [0.25, 0.3) is 16.7 Å². The number of H-pyrrole nitrogens is 1. The number of aromatic amines is 1. The molecule has 1 atom stereocenters. The number of carbonyl (C=O) groups is 2. The van der Waals surface area contributed by atoms with E-state index in [1.165, 1.54) is 7.11 Å². The molecule has 1 saturated heterocycles. The summed E-state index contributed by atoms with van der Waals surface area (Å²) in [5.41, 5.74) is 4.01. The number of aromatic nitrogens is 1. The average molecular weight is 418 g/mol. The van der Waals surface area contributed by atoms with Crippen molar-refractivity contribution in [3.05, 3.63) is 70.4 Å². The van der Waals surface area contributed by atoms with Crippen LogP contribution in [0.2, 0.25) is 0 Å². The van der Waals surface area contributed by atoms with Gasteiger partial charge in [-0.15, -0.1) is 0 Å². The number of carbonyl (C=O) groups excluding carboxylic acids is 2. The van der Waals surface area contributed by atoms with E-state index in [-0.39, 0.29) is 11.3 Å². The number of hydrogen-bond acceptors (Lipinski definition) is 4. The zero-order chi connectivity index (χ0) is 22.3. The predicted molar refractivity (Wildman–Crippen MR) is 120 cm³/mol. The van der Waals surface area contributed by atoms with E-state index in [1.54, 1.807) is 17.0 Å². The Hall–Kier alpha value is -3.54. The van der Waals surface area contributed by atoms with E-state index in [1.807, 2.05) is 51.1 Å². The van der Waals surface area contributed by atoms with Gasteiger partial charge in [0.2, 0.25) is 0 Å². The second-order valence-electron chi connectivity index (χ2n) is 7.91. The van der Waals surface area contributed by atoms with Crippen LogP contribution in [-0.2, 0) is 9.59 Å². The van der Waals surface area contributed by atoms with Gasteiger partial charge in [-0.05, 0) is 38.5 Å². The Balaban J connectivity index is 2.03. The van der Waals surface area contributed by atoms with Gasteiger partial charge in [-0.25, -0.2) is 0 Å². The molecule has 31 heavy (non-hydrogen) atoms. The first kappa shape index (κ1) is 20.7. The largest absolute Gasteiger partial charge is 0.507 e. The summed E-state index contributed by atoms with van der Waals surface area (Å²) in [6.07, 6.45) is 0.693. The fourth-order valence-electron chi connectivity index (χ4n) is 4.45. The van der Waals surface area contributed by atoms with E-state index < -0.39 is 17.7 Å². The summed E-state index contributed by atoms with van der Waals surface area (Å²) < 4.78 is 5.43. The van der Waals surface area contributed by atoms with Crippen molar-refractivity contribution in [3.8, 4) is 5.75 Å². The van der Waals surface area contributed by atoms with E-state index in [0.717, 1.165) is 27.7 Å². The van der Waals surface area contributed by atoms with Gasteiger partial charge in [0.1, 0.15) is 11.5 Å². The molecule has 0 saturated carbocycles. The summed E-state index contributed by atoms with van der Waals surface area (Å²) in [7, 11) is 1.51. The van der Waals surface area contributed by atoms with Gasteiger partial charge < -0.3 is 19.7 Å². The van der Waals surface area contributed by atoms with Crippen LogP contribution in [0, 0.1) is 13.8 Å². The second kappa shape index (κ2) is 7.95. The molecule has 1 unspecified atom stereocenters. The predicted octanol–water partition coefficient (Wildman–Crippen LogP) is 4.63. The lowest BCUT2D eigenvalue weighted by Gasteiger charge is -2.25. The molecule has 1 aliphatic heterocycles. The van der Waals surface area contributed by atoms with Gasteiger partial charge >= 0.3 is 0 Å². The molecule has 2 aromatic carbocycles. The molecule has 2 heterocycles. The Kier molecular flexibility index (Phi) is 5.31. The first-order chi connectivity index (χ1) is 14.9. The summed E-state index contributed by atoms with van der Waals surface area (Å²) in [4.78, 5) is 31.1. The van der Waals surface area contributed by atoms with Crippen molar-refractivity contribution in [1.82, 2.24) is 9.88 Å². The minimum Gasteiger partial charge on any atom is -0.507 e. The molecule has 4 rings (SSSR count). The number of fused-ring (bicyclic) bond motifs is 1. The Bertz CT molecular complexity index is 1220. The van der Waals surface area contributed by atoms with Gasteiger partial charge in [0.05, 0.1) is 24.3 Å². The van der Waals surface area contributed by atoms with Crippen molar-refractivity contribution in [2.24, 2.45) is 0 Å². The maximum absolute atomic E-state index is 13.2. The zero-order valence-corrected chi connectivity index (χ0v) is 18.2. The number of nitrogens with zero attached hydrogens (tertiary/aromatic N) is 1. The maximum Gasteiger partial charge on any atom is 0.295 e. The highest BCUT2D eigenvalue weighted by Crippen LogP contribution is 2.44. The number of methoxy groups -OCH3 is 1. The summed E-state index contributed by atoms with van der Waals surface area (Å²) in [6.45, 7) is 6.19. The quantitative estimate of drug-likeness (QED) is 0.360. The van der Waals surface area contributed by atoms with E-state index in [4.69, 9.17) is 4.74 Å². The fourth-order valence-corrected chi connectivity index (χ4v) is 4.45. The van der Waals surface area contributed by atoms with Gasteiger partial charge in [0, 0.05) is 28.7 Å². The first-order valence-corrected chi connectivity index (χ1v) is 10.4. The Morgan fingerprint density at radius 3 is 2.61 bits per heavy atom. The van der Waals surface area contributed by atoms with Crippen LogP contribution in [0.5, 0.6) is 5.75 Å². The van der Waals surface area contributed by atoms with Gasteiger partial charge in [0.25, 0.3) is 11.7 Å². The number of aliphatic hydroxyl groups excluding tert-OH is 1. The third kappa shape index (κ3) is 3.28. The van der Waals surface area contributed by atoms with Gasteiger partial charge in [0.15, 0.2) is 0 Å². The summed E-state index contributed by atoms with van der Waals surface area (Å²) in [6, 6.07) is 12.5. The van der Waals surface area contributed by atoms with E-state index in [0.29, 0.717) is 24.3 Å². The van der Waals surface area contributed by atoms with Crippen molar-refractivity contribution < 1.29 is 19.4 Å². The lowest BCUT2D eigenvalue weighted by Crippen LogP contribution is -2.30. The number of aryl methyl sites for hydroxylation is 2. The minimum absolute atomic E-state index is 0.0928. The van der Waals surface area contributed by atoms with Crippen molar-refractivity contribution >= 4 is 28.4 Å². The van der Waals surface area contributed by atoms with Gasteiger partial charge in [-0.3, -0.25) is 9.59 Å². The highest BCUT2D eigenvalue weighted by atomic mass is 16.5. The number of nitrogens with one attached hydrogen (secondary N) is 1. The molecule has 1 fully saturated rings. The monoisotopic (exact) mass is 418 g/mol.